The highest BCUT2D eigenvalue weighted by molar-refractivity contribution is 6.17. The standard InChI is InChI=1S/C8H13ClN2O4/c9-5-15-7(12)10-4-6-2-1-3-11(6)8(13)14/h6H,1-5H2,(H,10,12)(H,13,14). The fourth-order valence-corrected chi connectivity index (χ4v) is 1.70. The molecule has 0 aliphatic carbocycles. The molecule has 86 valence electrons. The van der Waals surface area contributed by atoms with Gasteiger partial charge in [0.15, 0.2) is 6.07 Å². The van der Waals surface area contributed by atoms with Gasteiger partial charge in [0.1, 0.15) is 0 Å². The number of carbonyl (C=O) groups is 2. The number of likely N-dealkylation sites (tertiary alicyclic amines) is 1. The van der Waals surface area contributed by atoms with Crippen LogP contribution in [0.4, 0.5) is 9.59 Å². The fraction of sp³-hybridized carbons (Fsp3) is 0.750. The molecule has 2 amide bonds. The molecule has 6 nitrogen and oxygen atoms in total. The number of carbonyl (C=O) groups excluding carboxylic acids is 1. The second-order valence-electron chi connectivity index (χ2n) is 3.19. The molecule has 0 saturated carbocycles. The van der Waals surface area contributed by atoms with E-state index in [9.17, 15) is 9.59 Å². The second-order valence-corrected chi connectivity index (χ2v) is 3.41. The Morgan fingerprint density at radius 2 is 2.33 bits per heavy atom. The minimum absolute atomic E-state index is 0.162. The molecule has 1 atom stereocenters. The summed E-state index contributed by atoms with van der Waals surface area (Å²) in [6, 6.07) is -0.371. The Hall–Kier alpha value is -1.17. The molecule has 1 heterocycles. The summed E-state index contributed by atoms with van der Waals surface area (Å²) in [5.74, 6) is 0. The van der Waals surface area contributed by atoms with Gasteiger partial charge in [-0.2, -0.15) is 0 Å². The zero-order valence-corrected chi connectivity index (χ0v) is 8.87. The SMILES string of the molecule is O=C(NCC1CCCN1C(=O)O)OCCl. The van der Waals surface area contributed by atoms with Crippen LogP contribution in [0.2, 0.25) is 0 Å². The van der Waals surface area contributed by atoms with Crippen molar-refractivity contribution in [2.45, 2.75) is 18.9 Å². The van der Waals surface area contributed by atoms with Gasteiger partial charge in [-0.3, -0.25) is 0 Å². The van der Waals surface area contributed by atoms with E-state index in [-0.39, 0.29) is 18.7 Å². The van der Waals surface area contributed by atoms with Gasteiger partial charge in [-0.05, 0) is 12.8 Å². The van der Waals surface area contributed by atoms with Crippen LogP contribution in [0, 0.1) is 0 Å². The Morgan fingerprint density at radius 1 is 1.60 bits per heavy atom. The highest BCUT2D eigenvalue weighted by Gasteiger charge is 2.28. The average molecular weight is 237 g/mol. The lowest BCUT2D eigenvalue weighted by Gasteiger charge is -2.21. The van der Waals surface area contributed by atoms with Crippen LogP contribution < -0.4 is 5.32 Å². The van der Waals surface area contributed by atoms with E-state index in [0.717, 1.165) is 12.8 Å². The molecular formula is C8H13ClN2O4. The van der Waals surface area contributed by atoms with Crippen LogP contribution in [-0.2, 0) is 4.74 Å². The van der Waals surface area contributed by atoms with Crippen molar-refractivity contribution in [3.63, 3.8) is 0 Å². The van der Waals surface area contributed by atoms with Crippen LogP contribution in [0.25, 0.3) is 0 Å². The molecule has 15 heavy (non-hydrogen) atoms. The molecule has 0 aromatic heterocycles. The Kier molecular flexibility index (Phi) is 4.48. The molecule has 0 bridgehead atoms. The van der Waals surface area contributed by atoms with Gasteiger partial charge >= 0.3 is 12.2 Å². The molecule has 1 aliphatic rings. The first-order valence-corrected chi connectivity index (χ1v) is 5.14. The van der Waals surface area contributed by atoms with E-state index in [1.807, 2.05) is 0 Å². The molecule has 1 fully saturated rings. The minimum atomic E-state index is -0.954. The normalized spacial score (nSPS) is 20.1. The zero-order valence-electron chi connectivity index (χ0n) is 8.11. The number of ether oxygens (including phenoxy) is 1. The number of carboxylic acid groups (broad SMARTS) is 1. The first-order chi connectivity index (χ1) is 7.15. The summed E-state index contributed by atoms with van der Waals surface area (Å²) in [5.41, 5.74) is 0. The van der Waals surface area contributed by atoms with Gasteiger partial charge < -0.3 is 20.1 Å². The van der Waals surface area contributed by atoms with E-state index in [0.29, 0.717) is 6.54 Å². The maximum Gasteiger partial charge on any atom is 0.408 e. The number of nitrogens with zero attached hydrogens (tertiary/aromatic N) is 1. The molecule has 0 spiro atoms. The van der Waals surface area contributed by atoms with Gasteiger partial charge in [-0.15, -0.1) is 0 Å². The largest absolute Gasteiger partial charge is 0.465 e. The Labute approximate surface area is 92.1 Å². The zero-order chi connectivity index (χ0) is 11.3. The first-order valence-electron chi connectivity index (χ1n) is 4.61. The average Bonchev–Trinajstić information content (AvgIpc) is 2.63. The quantitative estimate of drug-likeness (QED) is 0.718. The number of hydrogen-bond donors (Lipinski definition) is 2. The molecule has 2 N–H and O–H groups in total. The third kappa shape index (κ3) is 3.47. The Bertz CT molecular complexity index is 249. The van der Waals surface area contributed by atoms with Gasteiger partial charge in [0.2, 0.25) is 0 Å². The number of alkyl halides is 1. The summed E-state index contributed by atoms with van der Waals surface area (Å²) in [5, 5.41) is 11.3. The minimum Gasteiger partial charge on any atom is -0.465 e. The monoisotopic (exact) mass is 236 g/mol. The number of alkyl carbamates (subject to hydrolysis) is 1. The van der Waals surface area contributed by atoms with Crippen LogP contribution in [0.1, 0.15) is 12.8 Å². The van der Waals surface area contributed by atoms with E-state index >= 15 is 0 Å². The van der Waals surface area contributed by atoms with Gasteiger partial charge in [0.25, 0.3) is 0 Å². The van der Waals surface area contributed by atoms with E-state index in [2.05, 4.69) is 10.1 Å². The van der Waals surface area contributed by atoms with E-state index in [4.69, 9.17) is 16.7 Å². The third-order valence-corrected chi connectivity index (χ3v) is 2.40. The van der Waals surface area contributed by atoms with Crippen molar-refractivity contribution in [1.29, 1.82) is 0 Å². The summed E-state index contributed by atoms with van der Waals surface area (Å²) in [4.78, 5) is 23.0. The van der Waals surface area contributed by atoms with Crippen molar-refractivity contribution >= 4 is 23.8 Å². The lowest BCUT2D eigenvalue weighted by atomic mass is 10.2. The molecule has 0 aromatic rings. The van der Waals surface area contributed by atoms with Crippen molar-refractivity contribution in [2.24, 2.45) is 0 Å². The number of rotatable bonds is 3. The molecule has 1 saturated heterocycles. The summed E-state index contributed by atoms with van der Waals surface area (Å²) in [6.45, 7) is 0.786. The molecule has 0 aromatic carbocycles. The molecule has 7 heteroatoms. The lowest BCUT2D eigenvalue weighted by Crippen LogP contribution is -2.42. The highest BCUT2D eigenvalue weighted by atomic mass is 35.5. The van der Waals surface area contributed by atoms with Crippen molar-refractivity contribution < 1.29 is 19.4 Å². The molecular weight excluding hydrogens is 224 g/mol. The van der Waals surface area contributed by atoms with E-state index in [1.165, 1.54) is 4.90 Å². The van der Waals surface area contributed by atoms with Crippen LogP contribution in [-0.4, -0.2) is 47.4 Å². The fourth-order valence-electron chi connectivity index (χ4n) is 1.60. The summed E-state index contributed by atoms with van der Waals surface area (Å²) >= 11 is 5.18. The van der Waals surface area contributed by atoms with Gasteiger partial charge in [-0.25, -0.2) is 9.59 Å². The number of halogens is 1. The highest BCUT2D eigenvalue weighted by Crippen LogP contribution is 2.16. The smallest absolute Gasteiger partial charge is 0.408 e. The van der Waals surface area contributed by atoms with Crippen molar-refractivity contribution in [3.05, 3.63) is 0 Å². The number of nitrogens with one attached hydrogen (secondary N) is 1. The maximum atomic E-state index is 10.9. The Morgan fingerprint density at radius 3 is 2.93 bits per heavy atom. The maximum absolute atomic E-state index is 10.9. The number of hydrogen-bond acceptors (Lipinski definition) is 3. The van der Waals surface area contributed by atoms with Crippen molar-refractivity contribution in [1.82, 2.24) is 10.2 Å². The molecule has 0 radical (unpaired) electrons. The van der Waals surface area contributed by atoms with E-state index < -0.39 is 12.2 Å². The molecule has 1 rings (SSSR count). The second kappa shape index (κ2) is 5.65. The predicted molar refractivity (Wildman–Crippen MR) is 53.0 cm³/mol. The number of amides is 2. The van der Waals surface area contributed by atoms with Gasteiger partial charge in [0.05, 0.1) is 6.04 Å². The third-order valence-electron chi connectivity index (χ3n) is 2.29. The van der Waals surface area contributed by atoms with Crippen LogP contribution in [0.3, 0.4) is 0 Å². The summed E-state index contributed by atoms with van der Waals surface area (Å²) < 4.78 is 4.45. The van der Waals surface area contributed by atoms with Crippen LogP contribution in [0.5, 0.6) is 0 Å². The van der Waals surface area contributed by atoms with Crippen molar-refractivity contribution in [2.75, 3.05) is 19.2 Å². The topological polar surface area (TPSA) is 78.9 Å². The van der Waals surface area contributed by atoms with Crippen molar-refractivity contribution in [3.8, 4) is 0 Å². The lowest BCUT2D eigenvalue weighted by molar-refractivity contribution is 0.135. The first kappa shape index (κ1) is 11.9. The van der Waals surface area contributed by atoms with Gasteiger partial charge in [0, 0.05) is 13.1 Å². The summed E-state index contributed by atoms with van der Waals surface area (Å²) in [6.07, 6.45) is 0.00339. The molecule has 1 unspecified atom stereocenters. The van der Waals surface area contributed by atoms with Gasteiger partial charge in [-0.1, -0.05) is 11.6 Å². The summed E-state index contributed by atoms with van der Waals surface area (Å²) in [7, 11) is 0. The van der Waals surface area contributed by atoms with E-state index in [1.54, 1.807) is 0 Å². The molecule has 1 aliphatic heterocycles. The van der Waals surface area contributed by atoms with Crippen LogP contribution in [0.15, 0.2) is 0 Å². The predicted octanol–water partition coefficient (Wildman–Crippen LogP) is 1.05. The van der Waals surface area contributed by atoms with Crippen LogP contribution >= 0.6 is 11.6 Å². The Balaban J connectivity index is 2.31.